The van der Waals surface area contributed by atoms with Crippen molar-refractivity contribution in [2.75, 3.05) is 31.6 Å². The Bertz CT molecular complexity index is 966. The molecule has 3 heterocycles. The van der Waals surface area contributed by atoms with Gasteiger partial charge in [0.05, 0.1) is 16.7 Å². The number of hydrogen-bond acceptors (Lipinski definition) is 6. The molecule has 0 saturated carbocycles. The van der Waals surface area contributed by atoms with Gasteiger partial charge in [-0.1, -0.05) is 0 Å². The van der Waals surface area contributed by atoms with E-state index >= 15 is 0 Å². The average molecular weight is 452 g/mol. The monoisotopic (exact) mass is 451 g/mol. The first kappa shape index (κ1) is 22.0. The van der Waals surface area contributed by atoms with Gasteiger partial charge in [0.2, 0.25) is 15.9 Å². The van der Waals surface area contributed by atoms with Gasteiger partial charge in [-0.2, -0.15) is 4.31 Å². The molecule has 4 rings (SSSR count). The molecule has 0 radical (unpaired) electrons. The maximum absolute atomic E-state index is 13.3. The van der Waals surface area contributed by atoms with Gasteiger partial charge in [-0.25, -0.2) is 8.42 Å². The molecule has 0 spiro atoms. The Morgan fingerprint density at radius 3 is 2.68 bits per heavy atom. The number of carbonyl (C=O) groups excluding carboxylic acids is 2. The minimum absolute atomic E-state index is 0.0318. The summed E-state index contributed by atoms with van der Waals surface area (Å²) in [5.74, 6) is -0.144. The van der Waals surface area contributed by atoms with Gasteiger partial charge in [0, 0.05) is 38.2 Å². The van der Waals surface area contributed by atoms with Gasteiger partial charge >= 0.3 is 0 Å². The van der Waals surface area contributed by atoms with E-state index in [0.29, 0.717) is 36.4 Å². The topological polar surface area (TPSA) is 114 Å². The summed E-state index contributed by atoms with van der Waals surface area (Å²) >= 11 is 0. The Morgan fingerprint density at radius 2 is 2.00 bits per heavy atom. The van der Waals surface area contributed by atoms with Crippen LogP contribution in [0.2, 0.25) is 0 Å². The first-order valence-electron chi connectivity index (χ1n) is 10.8. The SMILES string of the molecule is Cc1cc2c(cc1S(=O)(=O)N1CCC(C(=O)NC[C@H]3CCCO3)CC1)O[C@@H](C)C(=O)N2. The number of ether oxygens (including phenoxy) is 2. The van der Waals surface area contributed by atoms with Crippen LogP contribution in [-0.2, 0) is 24.3 Å². The van der Waals surface area contributed by atoms with Crippen LogP contribution in [0.25, 0.3) is 0 Å². The standard InChI is InChI=1S/C21H29N3O6S/c1-13-10-17-18(30-14(2)20(25)23-17)11-19(13)31(27,28)24-7-5-15(6-8-24)21(26)22-12-16-4-3-9-29-16/h10-11,14-16H,3-9,12H2,1-2H3,(H,22,26)(H,23,25)/t14-,16+/m0/s1. The highest BCUT2D eigenvalue weighted by Crippen LogP contribution is 2.36. The van der Waals surface area contributed by atoms with Crippen molar-refractivity contribution in [2.45, 2.75) is 56.6 Å². The van der Waals surface area contributed by atoms with Gasteiger partial charge in [-0.05, 0) is 51.2 Å². The molecule has 3 aliphatic heterocycles. The lowest BCUT2D eigenvalue weighted by Crippen LogP contribution is -2.44. The van der Waals surface area contributed by atoms with Crippen molar-refractivity contribution >= 4 is 27.5 Å². The van der Waals surface area contributed by atoms with Crippen molar-refractivity contribution in [3.8, 4) is 5.75 Å². The van der Waals surface area contributed by atoms with Crippen molar-refractivity contribution < 1.29 is 27.5 Å². The molecular formula is C21H29N3O6S. The molecule has 1 aromatic rings. The Morgan fingerprint density at radius 1 is 1.26 bits per heavy atom. The van der Waals surface area contributed by atoms with E-state index < -0.39 is 16.1 Å². The van der Waals surface area contributed by atoms with E-state index in [2.05, 4.69) is 10.6 Å². The number of nitrogens with zero attached hydrogens (tertiary/aromatic N) is 1. The van der Waals surface area contributed by atoms with Crippen molar-refractivity contribution in [2.24, 2.45) is 5.92 Å². The fraction of sp³-hybridized carbons (Fsp3) is 0.619. The van der Waals surface area contributed by atoms with Crippen molar-refractivity contribution in [3.63, 3.8) is 0 Å². The minimum Gasteiger partial charge on any atom is -0.479 e. The molecule has 2 N–H and O–H groups in total. The molecular weight excluding hydrogens is 422 g/mol. The molecule has 3 aliphatic rings. The van der Waals surface area contributed by atoms with Gasteiger partial charge in [-0.15, -0.1) is 0 Å². The number of hydrogen-bond donors (Lipinski definition) is 2. The molecule has 0 aliphatic carbocycles. The van der Waals surface area contributed by atoms with Gasteiger partial charge in [0.25, 0.3) is 5.91 Å². The van der Waals surface area contributed by atoms with Crippen LogP contribution < -0.4 is 15.4 Å². The molecule has 2 atom stereocenters. The zero-order valence-corrected chi connectivity index (χ0v) is 18.7. The number of piperidine rings is 1. The number of aryl methyl sites for hydroxylation is 1. The fourth-order valence-electron chi connectivity index (χ4n) is 4.28. The predicted molar refractivity (Wildman–Crippen MR) is 113 cm³/mol. The van der Waals surface area contributed by atoms with Crippen LogP contribution in [0, 0.1) is 12.8 Å². The van der Waals surface area contributed by atoms with E-state index in [1.165, 1.54) is 10.4 Å². The number of fused-ring (bicyclic) bond motifs is 1. The zero-order valence-electron chi connectivity index (χ0n) is 17.8. The first-order valence-corrected chi connectivity index (χ1v) is 12.2. The highest BCUT2D eigenvalue weighted by molar-refractivity contribution is 7.89. The Hall–Kier alpha value is -2.17. The summed E-state index contributed by atoms with van der Waals surface area (Å²) in [6, 6.07) is 3.10. The van der Waals surface area contributed by atoms with Crippen LogP contribution in [0.4, 0.5) is 5.69 Å². The van der Waals surface area contributed by atoms with Crippen LogP contribution >= 0.6 is 0 Å². The van der Waals surface area contributed by atoms with Crippen LogP contribution in [0.15, 0.2) is 17.0 Å². The van der Waals surface area contributed by atoms with E-state index in [-0.39, 0.29) is 41.8 Å². The summed E-state index contributed by atoms with van der Waals surface area (Å²) in [5.41, 5.74) is 1.01. The van der Waals surface area contributed by atoms with Gasteiger partial charge < -0.3 is 20.1 Å². The van der Waals surface area contributed by atoms with E-state index in [1.807, 2.05) is 0 Å². The summed E-state index contributed by atoms with van der Waals surface area (Å²) in [4.78, 5) is 24.4. The van der Waals surface area contributed by atoms with Crippen LogP contribution in [0.5, 0.6) is 5.75 Å². The Labute approximate surface area is 182 Å². The molecule has 2 amide bonds. The van der Waals surface area contributed by atoms with Crippen molar-refractivity contribution in [3.05, 3.63) is 17.7 Å². The third-order valence-electron chi connectivity index (χ3n) is 6.18. The Balaban J connectivity index is 1.40. The van der Waals surface area contributed by atoms with E-state index in [0.717, 1.165) is 19.4 Å². The second kappa shape index (κ2) is 8.76. The maximum Gasteiger partial charge on any atom is 0.265 e. The number of sulfonamides is 1. The normalized spacial score (nSPS) is 24.9. The lowest BCUT2D eigenvalue weighted by atomic mass is 9.97. The number of anilines is 1. The average Bonchev–Trinajstić information content (AvgIpc) is 3.26. The van der Waals surface area contributed by atoms with Crippen molar-refractivity contribution in [1.29, 1.82) is 0 Å². The Kier molecular flexibility index (Phi) is 6.23. The summed E-state index contributed by atoms with van der Waals surface area (Å²) in [5, 5.41) is 5.68. The van der Waals surface area contributed by atoms with Gasteiger partial charge in [0.15, 0.2) is 6.10 Å². The van der Waals surface area contributed by atoms with Crippen LogP contribution in [0.3, 0.4) is 0 Å². The van der Waals surface area contributed by atoms with E-state index in [9.17, 15) is 18.0 Å². The zero-order chi connectivity index (χ0) is 22.2. The number of nitrogens with one attached hydrogen (secondary N) is 2. The minimum atomic E-state index is -3.74. The second-order valence-corrected chi connectivity index (χ2v) is 10.3. The molecule has 10 heteroatoms. The molecule has 9 nitrogen and oxygen atoms in total. The molecule has 0 aromatic heterocycles. The van der Waals surface area contributed by atoms with E-state index in [1.54, 1.807) is 19.9 Å². The summed E-state index contributed by atoms with van der Waals surface area (Å²) < 4.78 is 39.1. The van der Waals surface area contributed by atoms with Crippen molar-refractivity contribution in [1.82, 2.24) is 9.62 Å². The smallest absolute Gasteiger partial charge is 0.265 e. The molecule has 0 bridgehead atoms. The third-order valence-corrected chi connectivity index (χ3v) is 8.22. The molecule has 31 heavy (non-hydrogen) atoms. The highest BCUT2D eigenvalue weighted by Gasteiger charge is 2.34. The van der Waals surface area contributed by atoms with E-state index in [4.69, 9.17) is 9.47 Å². The lowest BCUT2D eigenvalue weighted by Gasteiger charge is -2.31. The summed E-state index contributed by atoms with van der Waals surface area (Å²) in [6.45, 7) is 5.13. The fourth-order valence-corrected chi connectivity index (χ4v) is 5.97. The first-order chi connectivity index (χ1) is 14.8. The summed E-state index contributed by atoms with van der Waals surface area (Å²) in [6.07, 6.45) is 2.34. The van der Waals surface area contributed by atoms with Crippen LogP contribution in [-0.4, -0.2) is 63.0 Å². The second-order valence-electron chi connectivity index (χ2n) is 8.42. The summed E-state index contributed by atoms with van der Waals surface area (Å²) in [7, 11) is -3.74. The molecule has 2 fully saturated rings. The van der Waals surface area contributed by atoms with Gasteiger partial charge in [0.1, 0.15) is 5.75 Å². The number of carbonyl (C=O) groups is 2. The quantitative estimate of drug-likeness (QED) is 0.700. The number of benzene rings is 1. The maximum atomic E-state index is 13.3. The molecule has 1 aromatic carbocycles. The number of amides is 2. The van der Waals surface area contributed by atoms with Crippen LogP contribution in [0.1, 0.15) is 38.2 Å². The largest absolute Gasteiger partial charge is 0.479 e. The lowest BCUT2D eigenvalue weighted by molar-refractivity contribution is -0.126. The third kappa shape index (κ3) is 4.56. The number of rotatable bonds is 5. The molecule has 0 unspecified atom stereocenters. The molecule has 170 valence electrons. The highest BCUT2D eigenvalue weighted by atomic mass is 32.2. The predicted octanol–water partition coefficient (Wildman–Crippen LogP) is 1.41. The van der Waals surface area contributed by atoms with Gasteiger partial charge in [-0.3, -0.25) is 9.59 Å². The molecule has 2 saturated heterocycles.